The Morgan fingerprint density at radius 1 is 0.909 bits per heavy atom. The Kier molecular flexibility index (Phi) is 7.49. The predicted octanol–water partition coefficient (Wildman–Crippen LogP) is 4.96. The molecule has 1 aromatic heterocycles. The Hall–Kier alpha value is -2.65. The lowest BCUT2D eigenvalue weighted by atomic mass is 10.1. The fourth-order valence-electron chi connectivity index (χ4n) is 3.53. The largest absolute Gasteiger partial charge is 0.300 e. The van der Waals surface area contributed by atoms with Crippen molar-refractivity contribution in [3.63, 3.8) is 0 Å². The topological polar surface area (TPSA) is 76.9 Å². The normalized spacial score (nSPS) is 12.5. The third-order valence-electron chi connectivity index (χ3n) is 5.13. The van der Waals surface area contributed by atoms with E-state index >= 15 is 0 Å². The maximum Gasteiger partial charge on any atom is 0.241 e. The second kappa shape index (κ2) is 10.5. The molecule has 0 radical (unpaired) electrons. The molecule has 0 amide bonds. The first-order valence-electron chi connectivity index (χ1n) is 10.3. The van der Waals surface area contributed by atoms with Gasteiger partial charge in [-0.3, -0.25) is 0 Å². The molecule has 0 spiro atoms. The minimum Gasteiger partial charge on any atom is -0.300 e. The average Bonchev–Trinajstić information content (AvgIpc) is 3.22. The molecule has 1 heterocycles. The molecule has 0 saturated heterocycles. The van der Waals surface area contributed by atoms with Crippen LogP contribution >= 0.6 is 23.4 Å². The molecule has 6 nitrogen and oxygen atoms in total. The van der Waals surface area contributed by atoms with Gasteiger partial charge in [0.15, 0.2) is 11.0 Å². The zero-order chi connectivity index (χ0) is 23.3. The van der Waals surface area contributed by atoms with E-state index < -0.39 is 16.1 Å². The molecule has 0 unspecified atom stereocenters. The fourth-order valence-corrected chi connectivity index (χ4v) is 5.35. The molecule has 33 heavy (non-hydrogen) atoms. The summed E-state index contributed by atoms with van der Waals surface area (Å²) in [6.07, 6.45) is 2.36. The van der Waals surface area contributed by atoms with Gasteiger partial charge in [0.2, 0.25) is 10.0 Å². The molecule has 0 bridgehead atoms. The van der Waals surface area contributed by atoms with E-state index in [1.807, 2.05) is 71.5 Å². The maximum absolute atomic E-state index is 13.2. The van der Waals surface area contributed by atoms with Gasteiger partial charge in [0.05, 0.1) is 17.5 Å². The Balaban J connectivity index is 1.74. The summed E-state index contributed by atoms with van der Waals surface area (Å²) in [5.41, 5.74) is 2.06. The second-order valence-corrected chi connectivity index (χ2v) is 10.4. The Morgan fingerprint density at radius 2 is 1.52 bits per heavy atom. The van der Waals surface area contributed by atoms with Crippen molar-refractivity contribution in [3.05, 3.63) is 107 Å². The van der Waals surface area contributed by atoms with Crippen molar-refractivity contribution in [1.82, 2.24) is 19.5 Å². The predicted molar refractivity (Wildman–Crippen MR) is 132 cm³/mol. The number of thioether (sulfide) groups is 1. The zero-order valence-electron chi connectivity index (χ0n) is 17.9. The number of halogens is 1. The summed E-state index contributed by atoms with van der Waals surface area (Å²) < 4.78 is 31.3. The summed E-state index contributed by atoms with van der Waals surface area (Å²) in [4.78, 5) is 0.143. The van der Waals surface area contributed by atoms with Crippen LogP contribution in [0.3, 0.4) is 0 Å². The number of sulfonamides is 1. The summed E-state index contributed by atoms with van der Waals surface area (Å²) in [6.45, 7) is 0.535. The number of nitrogens with zero attached hydrogens (tertiary/aromatic N) is 3. The van der Waals surface area contributed by atoms with Crippen LogP contribution in [0.25, 0.3) is 0 Å². The van der Waals surface area contributed by atoms with Crippen LogP contribution in [-0.4, -0.2) is 29.4 Å². The van der Waals surface area contributed by atoms with Gasteiger partial charge in [-0.15, -0.1) is 10.2 Å². The standard InChI is InChI=1S/C24H23ClN4O2S2/c1-32-24-27-26-23(29(24)17-19-10-6-3-7-11-19)22(16-18-8-4-2-5-9-18)28-33(30,31)21-14-12-20(25)13-15-21/h2-15,22,28H,16-17H2,1H3/t22-/m1/s1. The van der Waals surface area contributed by atoms with Crippen LogP contribution < -0.4 is 4.72 Å². The van der Waals surface area contributed by atoms with Crippen LogP contribution in [0.4, 0.5) is 0 Å². The van der Waals surface area contributed by atoms with E-state index in [4.69, 9.17) is 11.6 Å². The lowest BCUT2D eigenvalue weighted by Gasteiger charge is -2.20. The van der Waals surface area contributed by atoms with Gasteiger partial charge >= 0.3 is 0 Å². The molecule has 0 fully saturated rings. The highest BCUT2D eigenvalue weighted by Crippen LogP contribution is 2.25. The highest BCUT2D eigenvalue weighted by Gasteiger charge is 2.27. The van der Waals surface area contributed by atoms with Gasteiger partial charge in [0.1, 0.15) is 0 Å². The quantitative estimate of drug-likeness (QED) is 0.330. The molecule has 0 saturated carbocycles. The van der Waals surface area contributed by atoms with Crippen molar-refractivity contribution in [1.29, 1.82) is 0 Å². The van der Waals surface area contributed by atoms with Crippen LogP contribution in [0.2, 0.25) is 5.02 Å². The first kappa shape index (κ1) is 23.5. The van der Waals surface area contributed by atoms with E-state index in [0.29, 0.717) is 23.8 Å². The monoisotopic (exact) mass is 498 g/mol. The lowest BCUT2D eigenvalue weighted by molar-refractivity contribution is 0.522. The maximum atomic E-state index is 13.2. The third kappa shape index (κ3) is 5.83. The number of benzene rings is 3. The van der Waals surface area contributed by atoms with Crippen LogP contribution in [0.1, 0.15) is 23.0 Å². The molecule has 3 aromatic carbocycles. The summed E-state index contributed by atoms with van der Waals surface area (Å²) >= 11 is 7.42. The highest BCUT2D eigenvalue weighted by atomic mass is 35.5. The molecule has 0 aliphatic carbocycles. The fraction of sp³-hybridized carbons (Fsp3) is 0.167. The molecule has 1 atom stereocenters. The van der Waals surface area contributed by atoms with E-state index in [1.54, 1.807) is 12.1 Å². The van der Waals surface area contributed by atoms with E-state index in [9.17, 15) is 8.42 Å². The molecule has 4 aromatic rings. The van der Waals surface area contributed by atoms with Crippen LogP contribution in [0.15, 0.2) is 95.0 Å². The Labute approximate surface area is 203 Å². The number of aromatic nitrogens is 3. The van der Waals surface area contributed by atoms with E-state index in [1.165, 1.54) is 23.9 Å². The molecular formula is C24H23ClN4O2S2. The van der Waals surface area contributed by atoms with Crippen LogP contribution in [-0.2, 0) is 23.0 Å². The zero-order valence-corrected chi connectivity index (χ0v) is 20.3. The van der Waals surface area contributed by atoms with Crippen molar-refractivity contribution in [2.75, 3.05) is 6.26 Å². The van der Waals surface area contributed by atoms with Crippen LogP contribution in [0.5, 0.6) is 0 Å². The smallest absolute Gasteiger partial charge is 0.241 e. The number of hydrogen-bond donors (Lipinski definition) is 1. The first-order chi connectivity index (χ1) is 16.0. The van der Waals surface area contributed by atoms with Crippen molar-refractivity contribution in [3.8, 4) is 0 Å². The molecule has 170 valence electrons. The molecule has 0 aliphatic heterocycles. The minimum atomic E-state index is -3.83. The summed E-state index contributed by atoms with van der Waals surface area (Å²) in [5, 5.41) is 9.94. The van der Waals surface area contributed by atoms with Gasteiger partial charge in [-0.1, -0.05) is 84.0 Å². The number of rotatable bonds is 9. The Bertz CT molecular complexity index is 1300. The van der Waals surface area contributed by atoms with Crippen molar-refractivity contribution in [2.24, 2.45) is 0 Å². The molecular weight excluding hydrogens is 476 g/mol. The SMILES string of the molecule is CSc1nnc([C@@H](Cc2ccccc2)NS(=O)(=O)c2ccc(Cl)cc2)n1Cc1ccccc1. The van der Waals surface area contributed by atoms with E-state index in [2.05, 4.69) is 14.9 Å². The molecule has 9 heteroatoms. The van der Waals surface area contributed by atoms with Crippen molar-refractivity contribution >= 4 is 33.4 Å². The first-order valence-corrected chi connectivity index (χ1v) is 13.4. The molecule has 1 N–H and O–H groups in total. The van der Waals surface area contributed by atoms with Gasteiger partial charge < -0.3 is 4.57 Å². The Morgan fingerprint density at radius 3 is 2.12 bits per heavy atom. The summed E-state index contributed by atoms with van der Waals surface area (Å²) in [7, 11) is -3.83. The number of nitrogens with one attached hydrogen (secondary N) is 1. The van der Waals surface area contributed by atoms with Crippen molar-refractivity contribution in [2.45, 2.75) is 29.1 Å². The average molecular weight is 499 g/mol. The molecule has 4 rings (SSSR count). The summed E-state index contributed by atoms with van der Waals surface area (Å²) in [6, 6.07) is 25.2. The lowest BCUT2D eigenvalue weighted by Crippen LogP contribution is -2.32. The van der Waals surface area contributed by atoms with E-state index in [0.717, 1.165) is 16.3 Å². The molecule has 0 aliphatic rings. The van der Waals surface area contributed by atoms with E-state index in [-0.39, 0.29) is 4.90 Å². The summed E-state index contributed by atoms with van der Waals surface area (Å²) in [5.74, 6) is 0.560. The van der Waals surface area contributed by atoms with Gasteiger partial charge in [0.25, 0.3) is 0 Å². The van der Waals surface area contributed by atoms with Gasteiger partial charge in [-0.25, -0.2) is 13.1 Å². The third-order valence-corrected chi connectivity index (χ3v) is 7.53. The van der Waals surface area contributed by atoms with Gasteiger partial charge in [-0.2, -0.15) is 0 Å². The van der Waals surface area contributed by atoms with Crippen molar-refractivity contribution < 1.29 is 8.42 Å². The second-order valence-electron chi connectivity index (χ2n) is 7.43. The minimum absolute atomic E-state index is 0.143. The van der Waals surface area contributed by atoms with Crippen LogP contribution in [0, 0.1) is 0 Å². The highest BCUT2D eigenvalue weighted by molar-refractivity contribution is 7.98. The number of hydrogen-bond acceptors (Lipinski definition) is 5. The van der Waals surface area contributed by atoms with Gasteiger partial charge in [0, 0.05) is 5.02 Å². The van der Waals surface area contributed by atoms with Gasteiger partial charge in [-0.05, 0) is 48.1 Å².